The fourth-order valence-electron chi connectivity index (χ4n) is 2.74. The minimum atomic E-state index is 1.08. The first-order chi connectivity index (χ1) is 8.93. The lowest BCUT2D eigenvalue weighted by molar-refractivity contribution is 1.28. The van der Waals surface area contributed by atoms with E-state index in [1.165, 1.54) is 32.7 Å². The summed E-state index contributed by atoms with van der Waals surface area (Å²) in [5, 5.41) is 2.31. The maximum atomic E-state index is 2.31. The molecule has 0 radical (unpaired) electrons. The molecule has 0 bridgehead atoms. The average molecular weight is 248 g/mol. The molecule has 0 saturated carbocycles. The van der Waals surface area contributed by atoms with E-state index in [9.17, 15) is 0 Å². The highest BCUT2D eigenvalue weighted by molar-refractivity contribution is 7.14. The highest BCUT2D eigenvalue weighted by atomic mass is 32.1. The highest BCUT2D eigenvalue weighted by Crippen LogP contribution is 2.45. The van der Waals surface area contributed by atoms with E-state index in [4.69, 9.17) is 0 Å². The van der Waals surface area contributed by atoms with Crippen LogP contribution in [0.4, 0.5) is 0 Å². The van der Waals surface area contributed by atoms with Crippen molar-refractivity contribution in [2.24, 2.45) is 0 Å². The van der Waals surface area contributed by atoms with Gasteiger partial charge in [-0.25, -0.2) is 0 Å². The van der Waals surface area contributed by atoms with Crippen LogP contribution in [0.25, 0.3) is 21.6 Å². The number of fused-ring (bicyclic) bond motifs is 3. The van der Waals surface area contributed by atoms with Crippen molar-refractivity contribution in [3.8, 4) is 21.6 Å². The predicted octanol–water partition coefficient (Wildman–Crippen LogP) is 4.99. The summed E-state index contributed by atoms with van der Waals surface area (Å²) in [6, 6.07) is 19.5. The van der Waals surface area contributed by atoms with Crippen molar-refractivity contribution in [1.82, 2.24) is 0 Å². The van der Waals surface area contributed by atoms with E-state index in [-0.39, 0.29) is 0 Å². The molecule has 0 nitrogen and oxygen atoms in total. The fraction of sp³-hybridized carbons (Fsp3) is 0.0588. The van der Waals surface area contributed by atoms with Crippen molar-refractivity contribution < 1.29 is 0 Å². The molecule has 0 unspecified atom stereocenters. The first kappa shape index (κ1) is 10.1. The van der Waals surface area contributed by atoms with Gasteiger partial charge in [0.2, 0.25) is 0 Å². The van der Waals surface area contributed by atoms with Gasteiger partial charge in [-0.15, -0.1) is 11.3 Å². The van der Waals surface area contributed by atoms with Crippen molar-refractivity contribution in [1.29, 1.82) is 0 Å². The Kier molecular flexibility index (Phi) is 2.14. The molecule has 0 atom stereocenters. The van der Waals surface area contributed by atoms with E-state index < -0.39 is 0 Å². The monoisotopic (exact) mass is 248 g/mol. The number of hydrogen-bond donors (Lipinski definition) is 0. The van der Waals surface area contributed by atoms with Gasteiger partial charge in [-0.2, -0.15) is 0 Å². The van der Waals surface area contributed by atoms with Gasteiger partial charge >= 0.3 is 0 Å². The molecule has 1 heterocycles. The van der Waals surface area contributed by atoms with Crippen molar-refractivity contribution in [2.75, 3.05) is 0 Å². The summed E-state index contributed by atoms with van der Waals surface area (Å²) >= 11 is 1.87. The number of thiophene rings is 1. The summed E-state index contributed by atoms with van der Waals surface area (Å²) in [6.45, 7) is 0. The largest absolute Gasteiger partial charge is 0.143 e. The number of hydrogen-bond acceptors (Lipinski definition) is 1. The zero-order chi connectivity index (χ0) is 11.9. The SMILES string of the molecule is c1ccc(-c2scc3c2Cc2ccccc2-3)cc1. The molecule has 0 spiro atoms. The van der Waals surface area contributed by atoms with Crippen LogP contribution in [0.5, 0.6) is 0 Å². The third-order valence-electron chi connectivity index (χ3n) is 3.60. The van der Waals surface area contributed by atoms with Gasteiger partial charge in [0, 0.05) is 11.3 Å². The van der Waals surface area contributed by atoms with Crippen LogP contribution in [0.15, 0.2) is 60.0 Å². The van der Waals surface area contributed by atoms with Crippen LogP contribution < -0.4 is 0 Å². The first-order valence-corrected chi connectivity index (χ1v) is 7.05. The molecule has 18 heavy (non-hydrogen) atoms. The Hall–Kier alpha value is -1.86. The van der Waals surface area contributed by atoms with Gasteiger partial charge in [0.25, 0.3) is 0 Å². The van der Waals surface area contributed by atoms with Crippen LogP contribution >= 0.6 is 11.3 Å². The Bertz CT molecular complexity index is 707. The number of rotatable bonds is 1. The smallest absolute Gasteiger partial charge is 0.0384 e. The Morgan fingerprint density at radius 2 is 1.56 bits per heavy atom. The van der Waals surface area contributed by atoms with Gasteiger partial charge in [-0.05, 0) is 33.2 Å². The summed E-state index contributed by atoms with van der Waals surface area (Å²) < 4.78 is 0. The van der Waals surface area contributed by atoms with Crippen LogP contribution in [0, 0.1) is 0 Å². The second-order valence-corrected chi connectivity index (χ2v) is 5.54. The lowest BCUT2D eigenvalue weighted by atomic mass is 10.1. The normalized spacial score (nSPS) is 12.2. The second kappa shape index (κ2) is 3.82. The van der Waals surface area contributed by atoms with Crippen LogP contribution in [-0.2, 0) is 6.42 Å². The Balaban J connectivity index is 1.91. The lowest BCUT2D eigenvalue weighted by Crippen LogP contribution is -1.81. The Morgan fingerprint density at radius 3 is 2.44 bits per heavy atom. The van der Waals surface area contributed by atoms with E-state index >= 15 is 0 Å². The summed E-state index contributed by atoms with van der Waals surface area (Å²) in [5.41, 5.74) is 7.18. The maximum absolute atomic E-state index is 2.31. The van der Waals surface area contributed by atoms with E-state index in [0.717, 1.165) is 6.42 Å². The van der Waals surface area contributed by atoms with Gasteiger partial charge in [0.1, 0.15) is 0 Å². The highest BCUT2D eigenvalue weighted by Gasteiger charge is 2.22. The Morgan fingerprint density at radius 1 is 0.778 bits per heavy atom. The molecule has 0 fully saturated rings. The topological polar surface area (TPSA) is 0 Å². The van der Waals surface area contributed by atoms with Crippen LogP contribution in [0.1, 0.15) is 11.1 Å². The van der Waals surface area contributed by atoms with E-state index in [1.54, 1.807) is 0 Å². The quantitative estimate of drug-likeness (QED) is 0.445. The summed E-state index contributed by atoms with van der Waals surface area (Å²) in [4.78, 5) is 1.43. The molecule has 0 N–H and O–H groups in total. The van der Waals surface area contributed by atoms with E-state index in [1.807, 2.05) is 11.3 Å². The molecule has 4 rings (SSSR count). The zero-order valence-electron chi connectivity index (χ0n) is 9.89. The Labute approximate surface area is 111 Å². The van der Waals surface area contributed by atoms with Gasteiger partial charge < -0.3 is 0 Å². The van der Waals surface area contributed by atoms with Crippen LogP contribution in [0.2, 0.25) is 0 Å². The average Bonchev–Trinajstić information content (AvgIpc) is 2.98. The molecule has 3 aromatic rings. The molecule has 1 aliphatic carbocycles. The minimum Gasteiger partial charge on any atom is -0.143 e. The minimum absolute atomic E-state index is 1.08. The summed E-state index contributed by atoms with van der Waals surface area (Å²) in [5.74, 6) is 0. The zero-order valence-corrected chi connectivity index (χ0v) is 10.7. The van der Waals surface area contributed by atoms with E-state index in [0.29, 0.717) is 0 Å². The molecule has 0 amide bonds. The van der Waals surface area contributed by atoms with Gasteiger partial charge in [0.15, 0.2) is 0 Å². The third-order valence-corrected chi connectivity index (χ3v) is 4.68. The molecule has 1 heteroatoms. The third kappa shape index (κ3) is 1.37. The van der Waals surface area contributed by atoms with Gasteiger partial charge in [-0.1, -0.05) is 54.6 Å². The molecule has 0 aliphatic heterocycles. The number of benzene rings is 2. The van der Waals surface area contributed by atoms with Crippen molar-refractivity contribution in [2.45, 2.75) is 6.42 Å². The van der Waals surface area contributed by atoms with Crippen molar-refractivity contribution in [3.05, 3.63) is 71.1 Å². The first-order valence-electron chi connectivity index (χ1n) is 6.17. The molecule has 2 aromatic carbocycles. The molecule has 1 aliphatic rings. The molecular formula is C17H12S. The van der Waals surface area contributed by atoms with Crippen LogP contribution in [0.3, 0.4) is 0 Å². The van der Waals surface area contributed by atoms with Crippen molar-refractivity contribution in [3.63, 3.8) is 0 Å². The predicted molar refractivity (Wildman–Crippen MR) is 78.0 cm³/mol. The summed E-state index contributed by atoms with van der Waals surface area (Å²) in [6.07, 6.45) is 1.08. The molecular weight excluding hydrogens is 236 g/mol. The molecule has 86 valence electrons. The summed E-state index contributed by atoms with van der Waals surface area (Å²) in [7, 11) is 0. The molecule has 0 saturated heterocycles. The molecule has 1 aromatic heterocycles. The fourth-order valence-corrected chi connectivity index (χ4v) is 3.84. The maximum Gasteiger partial charge on any atom is 0.0384 e. The van der Waals surface area contributed by atoms with Gasteiger partial charge in [-0.3, -0.25) is 0 Å². The second-order valence-electron chi connectivity index (χ2n) is 4.66. The standard InChI is InChI=1S/C17H12S/c1-2-6-12(7-3-1)17-15-10-13-8-4-5-9-14(13)16(15)11-18-17/h1-9,11H,10H2. The van der Waals surface area contributed by atoms with E-state index in [2.05, 4.69) is 60.0 Å². The van der Waals surface area contributed by atoms with Crippen LogP contribution in [-0.4, -0.2) is 0 Å². The van der Waals surface area contributed by atoms with Crippen molar-refractivity contribution >= 4 is 11.3 Å². The van der Waals surface area contributed by atoms with Gasteiger partial charge in [0.05, 0.1) is 0 Å². The lowest BCUT2D eigenvalue weighted by Gasteiger charge is -2.00.